The van der Waals surface area contributed by atoms with E-state index in [-0.39, 0.29) is 17.1 Å². The first-order valence-corrected chi connectivity index (χ1v) is 5.80. The van der Waals surface area contributed by atoms with Gasteiger partial charge >= 0.3 is 11.9 Å². The second kappa shape index (κ2) is 5.75. The maximum atomic E-state index is 11.1. The van der Waals surface area contributed by atoms with E-state index in [4.69, 9.17) is 19.9 Å². The summed E-state index contributed by atoms with van der Waals surface area (Å²) in [5.74, 6) is -2.02. The Morgan fingerprint density at radius 2 is 1.86 bits per heavy atom. The van der Waals surface area contributed by atoms with E-state index in [9.17, 15) is 9.59 Å². The molecular formula is C15H9NO5. The number of furan rings is 1. The van der Waals surface area contributed by atoms with Gasteiger partial charge in [0.2, 0.25) is 0 Å². The molecule has 0 spiro atoms. The van der Waals surface area contributed by atoms with Crippen LogP contribution in [0.2, 0.25) is 0 Å². The molecule has 0 radical (unpaired) electrons. The van der Waals surface area contributed by atoms with Crippen molar-refractivity contribution in [3.8, 4) is 17.4 Å². The fraction of sp³-hybridized carbons (Fsp3) is 0. The minimum Gasteiger partial charge on any atom is -0.478 e. The lowest BCUT2D eigenvalue weighted by Gasteiger charge is -2.01. The number of carboxylic acid groups (broad SMARTS) is 2. The van der Waals surface area contributed by atoms with E-state index in [0.29, 0.717) is 5.56 Å². The van der Waals surface area contributed by atoms with Gasteiger partial charge < -0.3 is 14.6 Å². The normalized spacial score (nSPS) is 10.9. The molecule has 6 heteroatoms. The van der Waals surface area contributed by atoms with Crippen molar-refractivity contribution in [1.29, 1.82) is 5.26 Å². The van der Waals surface area contributed by atoms with Gasteiger partial charge in [-0.25, -0.2) is 9.59 Å². The SMILES string of the molecule is N#C/C(=C\c1ccc(-c2ccccc2C(=O)O)o1)C(=O)O. The van der Waals surface area contributed by atoms with Gasteiger partial charge in [-0.1, -0.05) is 18.2 Å². The summed E-state index contributed by atoms with van der Waals surface area (Å²) in [7, 11) is 0. The maximum Gasteiger partial charge on any atom is 0.346 e. The average Bonchev–Trinajstić information content (AvgIpc) is 2.92. The van der Waals surface area contributed by atoms with E-state index in [1.165, 1.54) is 24.3 Å². The lowest BCUT2D eigenvalue weighted by Crippen LogP contribution is -1.98. The number of carbonyl (C=O) groups is 2. The van der Waals surface area contributed by atoms with Crippen LogP contribution in [0.3, 0.4) is 0 Å². The molecule has 0 aliphatic carbocycles. The van der Waals surface area contributed by atoms with Crippen LogP contribution >= 0.6 is 0 Å². The molecule has 2 aromatic rings. The zero-order chi connectivity index (χ0) is 15.4. The highest BCUT2D eigenvalue weighted by Gasteiger charge is 2.14. The number of aliphatic carboxylic acids is 1. The van der Waals surface area contributed by atoms with Crippen LogP contribution in [-0.4, -0.2) is 22.2 Å². The molecule has 0 fully saturated rings. The first kappa shape index (κ1) is 14.1. The third-order valence-corrected chi connectivity index (χ3v) is 2.69. The number of nitrogens with zero attached hydrogens (tertiary/aromatic N) is 1. The van der Waals surface area contributed by atoms with E-state index >= 15 is 0 Å². The quantitative estimate of drug-likeness (QED) is 0.659. The largest absolute Gasteiger partial charge is 0.478 e. The molecule has 0 unspecified atom stereocenters. The van der Waals surface area contributed by atoms with Gasteiger partial charge in [-0.3, -0.25) is 0 Å². The minimum atomic E-state index is -1.36. The van der Waals surface area contributed by atoms with E-state index in [1.54, 1.807) is 18.2 Å². The van der Waals surface area contributed by atoms with Crippen molar-refractivity contribution < 1.29 is 24.2 Å². The summed E-state index contributed by atoms with van der Waals surface area (Å²) in [6, 6.07) is 10.8. The zero-order valence-corrected chi connectivity index (χ0v) is 10.6. The number of benzene rings is 1. The molecule has 0 bridgehead atoms. The predicted molar refractivity (Wildman–Crippen MR) is 72.3 cm³/mol. The Morgan fingerprint density at radius 1 is 1.14 bits per heavy atom. The summed E-state index contributed by atoms with van der Waals surface area (Å²) in [5, 5.41) is 26.6. The smallest absolute Gasteiger partial charge is 0.346 e. The minimum absolute atomic E-state index is 0.0705. The molecule has 2 rings (SSSR count). The highest BCUT2D eigenvalue weighted by atomic mass is 16.4. The second-order valence-electron chi connectivity index (χ2n) is 4.03. The lowest BCUT2D eigenvalue weighted by molar-refractivity contribution is -0.132. The molecule has 0 saturated carbocycles. The van der Waals surface area contributed by atoms with Crippen LogP contribution in [0.15, 0.2) is 46.4 Å². The first-order chi connectivity index (χ1) is 10.0. The monoisotopic (exact) mass is 283 g/mol. The summed E-state index contributed by atoms with van der Waals surface area (Å²) in [6.07, 6.45) is 1.08. The molecule has 0 aliphatic rings. The van der Waals surface area contributed by atoms with Crippen LogP contribution in [-0.2, 0) is 4.79 Å². The highest BCUT2D eigenvalue weighted by Crippen LogP contribution is 2.26. The van der Waals surface area contributed by atoms with E-state index in [1.807, 2.05) is 0 Å². The van der Waals surface area contributed by atoms with Gasteiger partial charge in [0.1, 0.15) is 23.2 Å². The van der Waals surface area contributed by atoms with Gasteiger partial charge in [0, 0.05) is 11.6 Å². The van der Waals surface area contributed by atoms with Crippen molar-refractivity contribution in [2.45, 2.75) is 0 Å². The Bertz CT molecular complexity index is 779. The zero-order valence-electron chi connectivity index (χ0n) is 10.6. The van der Waals surface area contributed by atoms with Crippen molar-refractivity contribution in [2.75, 3.05) is 0 Å². The molecule has 21 heavy (non-hydrogen) atoms. The van der Waals surface area contributed by atoms with Gasteiger partial charge in [-0.15, -0.1) is 0 Å². The Morgan fingerprint density at radius 3 is 2.48 bits per heavy atom. The van der Waals surface area contributed by atoms with Crippen molar-refractivity contribution in [3.63, 3.8) is 0 Å². The van der Waals surface area contributed by atoms with Crippen LogP contribution in [0.25, 0.3) is 17.4 Å². The van der Waals surface area contributed by atoms with Gasteiger partial charge in [0.25, 0.3) is 0 Å². The van der Waals surface area contributed by atoms with Crippen molar-refractivity contribution in [2.24, 2.45) is 0 Å². The fourth-order valence-electron chi connectivity index (χ4n) is 1.74. The Balaban J connectivity index is 2.45. The third kappa shape index (κ3) is 2.98. The molecular weight excluding hydrogens is 274 g/mol. The molecule has 1 heterocycles. The fourth-order valence-corrected chi connectivity index (χ4v) is 1.74. The summed E-state index contributed by atoms with van der Waals surface area (Å²) in [5.41, 5.74) is -0.0259. The van der Waals surface area contributed by atoms with E-state index in [0.717, 1.165) is 6.08 Å². The third-order valence-electron chi connectivity index (χ3n) is 2.69. The van der Waals surface area contributed by atoms with Gasteiger partial charge in [0.05, 0.1) is 5.56 Å². The summed E-state index contributed by atoms with van der Waals surface area (Å²) >= 11 is 0. The van der Waals surface area contributed by atoms with Gasteiger partial charge in [0.15, 0.2) is 0 Å². The number of rotatable bonds is 4. The molecule has 0 aliphatic heterocycles. The van der Waals surface area contributed by atoms with Crippen LogP contribution in [0.1, 0.15) is 16.1 Å². The summed E-state index contributed by atoms with van der Waals surface area (Å²) in [6.45, 7) is 0. The summed E-state index contributed by atoms with van der Waals surface area (Å²) < 4.78 is 5.39. The lowest BCUT2D eigenvalue weighted by atomic mass is 10.1. The number of aromatic carboxylic acids is 1. The maximum absolute atomic E-state index is 11.1. The first-order valence-electron chi connectivity index (χ1n) is 5.80. The number of hydrogen-bond donors (Lipinski definition) is 2. The van der Waals surface area contributed by atoms with E-state index in [2.05, 4.69) is 0 Å². The van der Waals surface area contributed by atoms with Crippen molar-refractivity contribution in [1.82, 2.24) is 0 Å². The molecule has 104 valence electrons. The number of hydrogen-bond acceptors (Lipinski definition) is 4. The molecule has 1 aromatic heterocycles. The van der Waals surface area contributed by atoms with Crippen LogP contribution in [0, 0.1) is 11.3 Å². The highest BCUT2D eigenvalue weighted by molar-refractivity contribution is 5.97. The van der Waals surface area contributed by atoms with Crippen molar-refractivity contribution in [3.05, 3.63) is 53.3 Å². The topological polar surface area (TPSA) is 112 Å². The number of nitriles is 1. The standard InChI is InChI=1S/C15H9NO5/c16-8-9(14(17)18)7-10-5-6-13(21-10)11-3-1-2-4-12(11)15(19)20/h1-7H,(H,17,18)(H,19,20)/b9-7+. The molecule has 0 amide bonds. The molecule has 1 aromatic carbocycles. The summed E-state index contributed by atoms with van der Waals surface area (Å²) in [4.78, 5) is 21.9. The van der Waals surface area contributed by atoms with E-state index < -0.39 is 17.5 Å². The Labute approximate surface area is 119 Å². The number of carboxylic acids is 2. The van der Waals surface area contributed by atoms with Gasteiger partial charge in [-0.2, -0.15) is 5.26 Å². The predicted octanol–water partition coefficient (Wildman–Crippen LogP) is 2.64. The molecule has 0 atom stereocenters. The van der Waals surface area contributed by atoms with Crippen LogP contribution in [0.4, 0.5) is 0 Å². The Hall–Kier alpha value is -3.33. The second-order valence-corrected chi connectivity index (χ2v) is 4.03. The van der Waals surface area contributed by atoms with Crippen molar-refractivity contribution >= 4 is 18.0 Å². The molecule has 0 saturated heterocycles. The average molecular weight is 283 g/mol. The van der Waals surface area contributed by atoms with Gasteiger partial charge in [-0.05, 0) is 18.2 Å². The Kier molecular flexibility index (Phi) is 3.86. The van der Waals surface area contributed by atoms with Crippen LogP contribution in [0.5, 0.6) is 0 Å². The molecule has 2 N–H and O–H groups in total. The molecule has 6 nitrogen and oxygen atoms in total. The van der Waals surface area contributed by atoms with Crippen LogP contribution < -0.4 is 0 Å².